The molecule has 1 saturated heterocycles. The maximum absolute atomic E-state index is 12.4. The molecule has 0 saturated carbocycles. The molecule has 3 aromatic rings. The minimum atomic E-state index is -0.302. The van der Waals surface area contributed by atoms with Crippen molar-refractivity contribution in [3.05, 3.63) is 78.2 Å². The Kier molecular flexibility index (Phi) is 5.97. The van der Waals surface area contributed by atoms with Crippen molar-refractivity contribution in [2.24, 2.45) is 0 Å². The summed E-state index contributed by atoms with van der Waals surface area (Å²) < 4.78 is 11.1. The second-order valence-electron chi connectivity index (χ2n) is 6.61. The van der Waals surface area contributed by atoms with Gasteiger partial charge in [0.15, 0.2) is 0 Å². The van der Waals surface area contributed by atoms with Crippen molar-refractivity contribution in [1.82, 2.24) is 9.97 Å². The van der Waals surface area contributed by atoms with Gasteiger partial charge in [-0.15, -0.1) is 0 Å². The lowest BCUT2D eigenvalue weighted by Crippen LogP contribution is -2.36. The first-order chi connectivity index (χ1) is 14.3. The molecule has 4 rings (SSSR count). The first-order valence-corrected chi connectivity index (χ1v) is 9.51. The van der Waals surface area contributed by atoms with Gasteiger partial charge in [-0.1, -0.05) is 30.3 Å². The Bertz CT molecular complexity index is 925. The Morgan fingerprint density at radius 1 is 1.00 bits per heavy atom. The summed E-state index contributed by atoms with van der Waals surface area (Å²) in [5, 5.41) is 2.83. The molecule has 7 nitrogen and oxygen atoms in total. The van der Waals surface area contributed by atoms with Crippen LogP contribution >= 0.6 is 0 Å². The highest BCUT2D eigenvalue weighted by atomic mass is 16.5. The first kappa shape index (κ1) is 18.9. The quantitative estimate of drug-likeness (QED) is 0.697. The zero-order chi connectivity index (χ0) is 19.9. The lowest BCUT2D eigenvalue weighted by Gasteiger charge is -2.27. The Morgan fingerprint density at radius 2 is 1.76 bits per heavy atom. The van der Waals surface area contributed by atoms with Crippen LogP contribution in [0.1, 0.15) is 16.1 Å². The van der Waals surface area contributed by atoms with Crippen LogP contribution in [0.5, 0.6) is 5.75 Å². The van der Waals surface area contributed by atoms with Gasteiger partial charge in [0.2, 0.25) is 0 Å². The summed E-state index contributed by atoms with van der Waals surface area (Å²) in [5.74, 6) is 1.19. The standard InChI is InChI=1S/C22H22N4O3/c27-22(20-14-24-21(15-23-20)26-10-12-28-13-11-26)25-18-6-8-19(9-7-18)29-16-17-4-2-1-3-5-17/h1-9,14-15H,10-13,16H2,(H,25,27). The van der Waals surface area contributed by atoms with Gasteiger partial charge in [-0.05, 0) is 29.8 Å². The van der Waals surface area contributed by atoms with E-state index >= 15 is 0 Å². The molecule has 1 amide bonds. The number of carbonyl (C=O) groups is 1. The van der Waals surface area contributed by atoms with Crippen LogP contribution in [0.15, 0.2) is 67.0 Å². The predicted octanol–water partition coefficient (Wildman–Crippen LogP) is 3.14. The third kappa shape index (κ3) is 5.08. The van der Waals surface area contributed by atoms with Crippen molar-refractivity contribution >= 4 is 17.4 Å². The first-order valence-electron chi connectivity index (χ1n) is 9.51. The topological polar surface area (TPSA) is 76.6 Å². The molecule has 29 heavy (non-hydrogen) atoms. The number of rotatable bonds is 6. The molecular weight excluding hydrogens is 368 g/mol. The van der Waals surface area contributed by atoms with Gasteiger partial charge in [-0.25, -0.2) is 9.97 Å². The fraction of sp³-hybridized carbons (Fsp3) is 0.227. The number of nitrogens with one attached hydrogen (secondary N) is 1. The molecule has 0 bridgehead atoms. The number of carbonyl (C=O) groups excluding carboxylic acids is 1. The largest absolute Gasteiger partial charge is 0.489 e. The zero-order valence-corrected chi connectivity index (χ0v) is 16.0. The van der Waals surface area contributed by atoms with Crippen LogP contribution in [-0.2, 0) is 11.3 Å². The van der Waals surface area contributed by atoms with E-state index in [1.165, 1.54) is 6.20 Å². The highest BCUT2D eigenvalue weighted by molar-refractivity contribution is 6.02. The van der Waals surface area contributed by atoms with Crippen LogP contribution in [0.3, 0.4) is 0 Å². The van der Waals surface area contributed by atoms with Gasteiger partial charge in [0.25, 0.3) is 5.91 Å². The molecule has 0 radical (unpaired) electrons. The second-order valence-corrected chi connectivity index (χ2v) is 6.61. The summed E-state index contributed by atoms with van der Waals surface area (Å²) in [7, 11) is 0. The molecule has 1 aliphatic rings. The zero-order valence-electron chi connectivity index (χ0n) is 16.0. The summed E-state index contributed by atoms with van der Waals surface area (Å²) >= 11 is 0. The number of benzene rings is 2. The number of morpholine rings is 1. The third-order valence-electron chi connectivity index (χ3n) is 4.57. The van der Waals surface area contributed by atoms with Gasteiger partial charge in [0.05, 0.1) is 25.6 Å². The van der Waals surface area contributed by atoms with Crippen LogP contribution < -0.4 is 15.0 Å². The maximum Gasteiger partial charge on any atom is 0.275 e. The van der Waals surface area contributed by atoms with Crippen molar-refractivity contribution in [3.63, 3.8) is 0 Å². The molecule has 1 aliphatic heterocycles. The van der Waals surface area contributed by atoms with E-state index in [9.17, 15) is 4.79 Å². The minimum absolute atomic E-state index is 0.270. The number of hydrogen-bond donors (Lipinski definition) is 1. The molecule has 0 atom stereocenters. The lowest BCUT2D eigenvalue weighted by atomic mass is 10.2. The van der Waals surface area contributed by atoms with Crippen molar-refractivity contribution in [2.75, 3.05) is 36.5 Å². The Balaban J connectivity index is 1.32. The molecule has 7 heteroatoms. The van der Waals surface area contributed by atoms with E-state index in [0.29, 0.717) is 25.5 Å². The van der Waals surface area contributed by atoms with Gasteiger partial charge in [0, 0.05) is 18.8 Å². The summed E-state index contributed by atoms with van der Waals surface area (Å²) in [6.45, 7) is 3.40. The number of nitrogens with zero attached hydrogens (tertiary/aromatic N) is 3. The fourth-order valence-electron chi connectivity index (χ4n) is 2.96. The van der Waals surface area contributed by atoms with Crippen LogP contribution in [-0.4, -0.2) is 42.2 Å². The van der Waals surface area contributed by atoms with Crippen molar-refractivity contribution < 1.29 is 14.3 Å². The van der Waals surface area contributed by atoms with E-state index in [0.717, 1.165) is 30.2 Å². The highest BCUT2D eigenvalue weighted by Gasteiger charge is 2.14. The number of ether oxygens (including phenoxy) is 2. The summed E-state index contributed by atoms with van der Waals surface area (Å²) in [5.41, 5.74) is 2.04. The molecule has 148 valence electrons. The fourth-order valence-corrected chi connectivity index (χ4v) is 2.96. The second kappa shape index (κ2) is 9.16. The molecular formula is C22H22N4O3. The Labute approximate surface area is 169 Å². The SMILES string of the molecule is O=C(Nc1ccc(OCc2ccccc2)cc1)c1cnc(N2CCOCC2)cn1. The van der Waals surface area contributed by atoms with Crippen LogP contribution in [0, 0.1) is 0 Å². The molecule has 1 aromatic heterocycles. The van der Waals surface area contributed by atoms with Crippen LogP contribution in [0.2, 0.25) is 0 Å². The molecule has 2 aromatic carbocycles. The van der Waals surface area contributed by atoms with Crippen molar-refractivity contribution in [2.45, 2.75) is 6.61 Å². The van der Waals surface area contributed by atoms with E-state index in [1.54, 1.807) is 18.3 Å². The number of hydrogen-bond acceptors (Lipinski definition) is 6. The van der Waals surface area contributed by atoms with Gasteiger partial charge in [-0.2, -0.15) is 0 Å². The van der Waals surface area contributed by atoms with Gasteiger partial charge < -0.3 is 19.7 Å². The number of anilines is 2. The average molecular weight is 390 g/mol. The summed E-state index contributed by atoms with van der Waals surface area (Å²) in [6.07, 6.45) is 3.12. The molecule has 1 N–H and O–H groups in total. The maximum atomic E-state index is 12.4. The predicted molar refractivity (Wildman–Crippen MR) is 110 cm³/mol. The smallest absolute Gasteiger partial charge is 0.275 e. The highest BCUT2D eigenvalue weighted by Crippen LogP contribution is 2.18. The molecule has 0 spiro atoms. The van der Waals surface area contributed by atoms with E-state index in [1.807, 2.05) is 42.5 Å². The van der Waals surface area contributed by atoms with Crippen LogP contribution in [0.25, 0.3) is 0 Å². The van der Waals surface area contributed by atoms with Crippen molar-refractivity contribution in [1.29, 1.82) is 0 Å². The Hall–Kier alpha value is -3.45. The van der Waals surface area contributed by atoms with E-state index in [4.69, 9.17) is 9.47 Å². The van der Waals surface area contributed by atoms with E-state index in [-0.39, 0.29) is 11.6 Å². The van der Waals surface area contributed by atoms with E-state index < -0.39 is 0 Å². The summed E-state index contributed by atoms with van der Waals surface area (Å²) in [4.78, 5) is 23.1. The number of aromatic nitrogens is 2. The normalized spacial score (nSPS) is 13.7. The molecule has 0 aliphatic carbocycles. The molecule has 2 heterocycles. The van der Waals surface area contributed by atoms with Crippen LogP contribution in [0.4, 0.5) is 11.5 Å². The number of amides is 1. The third-order valence-corrected chi connectivity index (χ3v) is 4.57. The molecule has 1 fully saturated rings. The van der Waals surface area contributed by atoms with Crippen molar-refractivity contribution in [3.8, 4) is 5.75 Å². The Morgan fingerprint density at radius 3 is 2.45 bits per heavy atom. The van der Waals surface area contributed by atoms with E-state index in [2.05, 4.69) is 20.2 Å². The lowest BCUT2D eigenvalue weighted by molar-refractivity contribution is 0.102. The average Bonchev–Trinajstić information content (AvgIpc) is 2.80. The van der Waals surface area contributed by atoms with Gasteiger partial charge in [-0.3, -0.25) is 4.79 Å². The molecule has 0 unspecified atom stereocenters. The minimum Gasteiger partial charge on any atom is -0.489 e. The summed E-state index contributed by atoms with van der Waals surface area (Å²) in [6, 6.07) is 17.2. The van der Waals surface area contributed by atoms with Gasteiger partial charge >= 0.3 is 0 Å². The monoisotopic (exact) mass is 390 g/mol. The van der Waals surface area contributed by atoms with Gasteiger partial charge in [0.1, 0.15) is 23.9 Å².